The molecule has 0 fully saturated rings. The summed E-state index contributed by atoms with van der Waals surface area (Å²) < 4.78 is 23.1. The highest BCUT2D eigenvalue weighted by molar-refractivity contribution is 7.26. The van der Waals surface area contributed by atoms with E-state index in [0.29, 0.717) is 17.8 Å². The number of aromatic nitrogens is 10. The van der Waals surface area contributed by atoms with Gasteiger partial charge in [-0.05, 0) is 150 Å². The number of thiophene rings is 3. The van der Waals surface area contributed by atoms with E-state index >= 15 is 0 Å². The van der Waals surface area contributed by atoms with E-state index in [2.05, 4.69) is 457 Å². The summed E-state index contributed by atoms with van der Waals surface area (Å²) in [5, 5.41) is 19.3. The van der Waals surface area contributed by atoms with E-state index in [1.807, 2.05) is 58.3 Å². The molecule has 0 amide bonds. The topological polar surface area (TPSA) is 110 Å². The molecule has 0 saturated carbocycles. The van der Waals surface area contributed by atoms with Crippen molar-refractivity contribution in [3.05, 3.63) is 460 Å². The molecule has 1 aliphatic rings. The van der Waals surface area contributed by atoms with Crippen molar-refractivity contribution in [2.24, 2.45) is 0 Å². The SMILES string of the molecule is CC1(C)c2ccccc2-c2ccc3c(c21)c1ccccc1n3-c1nc(-c2ccccc2)cc(-c2cccc3sc4ccccc4c23)n1.c1ccc(-c2cc(-c3ccc4sc5ccccc5c4c3)nc(-n3c4ccccc4c4c3ccc3c5ccccc5n(-c5ccccc5)c34)n2)cc1.c1ccc(-c2cc(-c3cccc4sc5ccccc5c34)nc(-n3c4ccccc4c4cc5oc6ccccc6c5cc43)n2)cc1. The molecule has 0 N–H and O–H groups in total. The first kappa shape index (κ1) is 82.2. The fraction of sp³-hybridized carbons (Fsp3) is 0.0233. The van der Waals surface area contributed by atoms with Gasteiger partial charge in [-0.25, -0.2) is 29.9 Å². The largest absolute Gasteiger partial charge is 0.456 e. The zero-order chi connectivity index (χ0) is 94.2. The molecule has 143 heavy (non-hydrogen) atoms. The highest BCUT2D eigenvalue weighted by atomic mass is 32.1. The minimum Gasteiger partial charge on any atom is -0.456 e. The Morgan fingerprint density at radius 1 is 0.210 bits per heavy atom. The zero-order valence-electron chi connectivity index (χ0n) is 77.3. The van der Waals surface area contributed by atoms with Gasteiger partial charge in [-0.3, -0.25) is 13.7 Å². The Morgan fingerprint density at radius 3 is 1.19 bits per heavy atom. The van der Waals surface area contributed by atoms with Gasteiger partial charge in [-0.1, -0.05) is 335 Å². The molecule has 31 rings (SSSR count). The lowest BCUT2D eigenvalue weighted by atomic mass is 9.80. The van der Waals surface area contributed by atoms with Crippen LogP contribution in [0.3, 0.4) is 0 Å². The molecule has 0 spiro atoms. The van der Waals surface area contributed by atoms with Gasteiger partial charge in [0.05, 0.1) is 78.3 Å². The third-order valence-electron chi connectivity index (χ3n) is 29.0. The predicted octanol–water partition coefficient (Wildman–Crippen LogP) is 35.1. The molecule has 11 nitrogen and oxygen atoms in total. The Kier molecular flexibility index (Phi) is 18.7. The lowest BCUT2D eigenvalue weighted by molar-refractivity contribution is 0.666. The van der Waals surface area contributed by atoms with Crippen LogP contribution in [0.2, 0.25) is 0 Å². The van der Waals surface area contributed by atoms with Crippen molar-refractivity contribution in [3.8, 4) is 102 Å². The number of furan rings is 1. The van der Waals surface area contributed by atoms with Gasteiger partial charge in [0.2, 0.25) is 17.8 Å². The maximum atomic E-state index is 6.31. The van der Waals surface area contributed by atoms with Gasteiger partial charge in [0.25, 0.3) is 0 Å². The third-order valence-corrected chi connectivity index (χ3v) is 32.4. The van der Waals surface area contributed by atoms with Crippen LogP contribution in [-0.4, -0.2) is 48.2 Å². The van der Waals surface area contributed by atoms with E-state index < -0.39 is 0 Å². The molecule has 0 saturated heterocycles. The first-order valence-electron chi connectivity index (χ1n) is 48.3. The number of para-hydroxylation sites is 6. The van der Waals surface area contributed by atoms with E-state index in [1.54, 1.807) is 0 Å². The highest BCUT2D eigenvalue weighted by Crippen LogP contribution is 2.55. The molecule has 14 heteroatoms. The lowest BCUT2D eigenvalue weighted by Gasteiger charge is -2.22. The molecular weight excluding hydrogens is 1800 g/mol. The van der Waals surface area contributed by atoms with Crippen LogP contribution in [0, 0.1) is 0 Å². The van der Waals surface area contributed by atoms with Crippen molar-refractivity contribution in [1.82, 2.24) is 48.2 Å². The minimum atomic E-state index is -0.145. The average Bonchev–Trinajstić information content (AvgIpc) is 1.54. The quantitative estimate of drug-likeness (QED) is 0.134. The molecule has 0 radical (unpaired) electrons. The van der Waals surface area contributed by atoms with E-state index in [1.165, 1.54) is 126 Å². The van der Waals surface area contributed by atoms with E-state index in [0.717, 1.165) is 139 Å². The molecule has 670 valence electrons. The van der Waals surface area contributed by atoms with Crippen LogP contribution in [0.5, 0.6) is 0 Å². The van der Waals surface area contributed by atoms with Crippen LogP contribution < -0.4 is 0 Å². The Balaban J connectivity index is 0.000000102. The normalized spacial score (nSPS) is 12.5. The van der Waals surface area contributed by atoms with Crippen molar-refractivity contribution in [2.75, 3.05) is 0 Å². The summed E-state index contributed by atoms with van der Waals surface area (Å²) >= 11 is 5.49. The third kappa shape index (κ3) is 13.1. The molecule has 1 aliphatic carbocycles. The van der Waals surface area contributed by atoms with Gasteiger partial charge in [0.1, 0.15) is 11.2 Å². The summed E-state index contributed by atoms with van der Waals surface area (Å²) in [6, 6.07) is 159. The van der Waals surface area contributed by atoms with Gasteiger partial charge in [-0.2, -0.15) is 0 Å². The summed E-state index contributed by atoms with van der Waals surface area (Å²) in [6.07, 6.45) is 0. The molecule has 0 atom stereocenters. The molecule has 0 bridgehead atoms. The van der Waals surface area contributed by atoms with E-state index in [4.69, 9.17) is 34.3 Å². The maximum absolute atomic E-state index is 6.31. The summed E-state index contributed by atoms with van der Waals surface area (Å²) in [5.74, 6) is 1.97. The van der Waals surface area contributed by atoms with Gasteiger partial charge in [0, 0.05) is 159 Å². The van der Waals surface area contributed by atoms with Gasteiger partial charge in [0.15, 0.2) is 0 Å². The second-order valence-corrected chi connectivity index (χ2v) is 40.6. The van der Waals surface area contributed by atoms with Crippen molar-refractivity contribution >= 4 is 204 Å². The minimum absolute atomic E-state index is 0.145. The van der Waals surface area contributed by atoms with Gasteiger partial charge < -0.3 is 8.98 Å². The van der Waals surface area contributed by atoms with Crippen LogP contribution in [0.15, 0.2) is 453 Å². The summed E-state index contributed by atoms with van der Waals surface area (Å²) in [5.41, 5.74) is 28.8. The molecule has 11 aromatic heterocycles. The van der Waals surface area contributed by atoms with E-state index in [-0.39, 0.29) is 5.41 Å². The lowest BCUT2D eigenvalue weighted by Crippen LogP contribution is -2.15. The number of benzene rings is 19. The van der Waals surface area contributed by atoms with Crippen molar-refractivity contribution < 1.29 is 4.42 Å². The first-order valence-corrected chi connectivity index (χ1v) is 50.7. The van der Waals surface area contributed by atoms with Crippen LogP contribution in [-0.2, 0) is 5.41 Å². The number of fused-ring (bicyclic) bond motifs is 29. The van der Waals surface area contributed by atoms with Gasteiger partial charge >= 0.3 is 0 Å². The highest BCUT2D eigenvalue weighted by Gasteiger charge is 2.39. The second-order valence-electron chi connectivity index (χ2n) is 37.4. The second kappa shape index (κ2) is 32.6. The Bertz CT molecular complexity index is 10500. The molecule has 11 heterocycles. The van der Waals surface area contributed by atoms with Crippen molar-refractivity contribution in [2.45, 2.75) is 19.3 Å². The van der Waals surface area contributed by atoms with E-state index in [9.17, 15) is 0 Å². The molecule has 0 aliphatic heterocycles. The Labute approximate surface area is 831 Å². The Hall–Kier alpha value is -17.9. The first-order chi connectivity index (χ1) is 70.7. The number of rotatable bonds is 10. The molecule has 0 unspecified atom stereocenters. The number of hydrogen-bond acceptors (Lipinski definition) is 10. The summed E-state index contributed by atoms with van der Waals surface area (Å²) in [4.78, 5) is 32.1. The molecule has 30 aromatic rings. The standard InChI is InChI=1S/C46H28N4S.C43H29N3S.C40H23N3OS/c1-3-13-29(14-4-1)37-28-38(30-23-26-43-36(27-30)33-18-9-12-22-42(33)51-43)48-46(47-37)50-40-21-11-8-19-35(40)44-41(50)25-24-34-32-17-7-10-20-39(32)49(45(34)44)31-15-5-2-6-16-31;1-43(2)32-19-9-6-15-27(32)28-23-24-36-40(41(28)43)30-16-7-10-20-35(30)46(36)42-44-33(26-13-4-3-5-14-26)25-34(45-42)29-18-12-22-38-39(29)31-17-8-11-21-37(31)47-38;1-2-11-24(12-3-1)31-23-32(27-16-10-20-38-39(27)28-15-6-9-19-37(28)45-38)42-40(41-31)43-33-17-7-4-13-25(33)29-22-36-30(21-34(29)43)26-14-5-8-18-35(26)44-36/h1-28H;3-25H,1-2H3;1-23H. The average molecular weight is 1880 g/mol. The van der Waals surface area contributed by atoms with Gasteiger partial charge in [-0.15, -0.1) is 34.0 Å². The van der Waals surface area contributed by atoms with Crippen molar-refractivity contribution in [3.63, 3.8) is 0 Å². The monoisotopic (exact) mass is 1880 g/mol. The fourth-order valence-corrected chi connectivity index (χ4v) is 26.0. The molecule has 19 aromatic carbocycles. The Morgan fingerprint density at radius 2 is 0.608 bits per heavy atom. The summed E-state index contributed by atoms with van der Waals surface area (Å²) in [6.45, 7) is 4.72. The smallest absolute Gasteiger partial charge is 0.235 e. The number of hydrogen-bond donors (Lipinski definition) is 0. The molecular formula is C129H80N10OS3. The van der Waals surface area contributed by atoms with Crippen LogP contribution in [0.4, 0.5) is 0 Å². The maximum Gasteiger partial charge on any atom is 0.235 e. The fourth-order valence-electron chi connectivity index (χ4n) is 22.7. The number of nitrogens with zero attached hydrogens (tertiary/aromatic N) is 10. The van der Waals surface area contributed by atoms with Crippen LogP contribution in [0.1, 0.15) is 25.0 Å². The summed E-state index contributed by atoms with van der Waals surface area (Å²) in [7, 11) is 0. The van der Waals surface area contributed by atoms with Crippen molar-refractivity contribution in [1.29, 1.82) is 0 Å². The predicted molar refractivity (Wildman–Crippen MR) is 600 cm³/mol. The zero-order valence-corrected chi connectivity index (χ0v) is 79.8. The van der Waals surface area contributed by atoms with Crippen LogP contribution in [0.25, 0.3) is 272 Å². The van der Waals surface area contributed by atoms with Crippen LogP contribution >= 0.6 is 34.0 Å².